The van der Waals surface area contributed by atoms with E-state index in [4.69, 9.17) is 0 Å². The van der Waals surface area contributed by atoms with Crippen LogP contribution in [0.5, 0.6) is 0 Å². The van der Waals surface area contributed by atoms with Gasteiger partial charge in [0, 0.05) is 17.3 Å². The van der Waals surface area contributed by atoms with Gasteiger partial charge >= 0.3 is 0 Å². The van der Waals surface area contributed by atoms with E-state index in [1.54, 1.807) is 0 Å². The van der Waals surface area contributed by atoms with Crippen LogP contribution in [0.3, 0.4) is 0 Å². The fourth-order valence-electron chi connectivity index (χ4n) is 2.44. The summed E-state index contributed by atoms with van der Waals surface area (Å²) in [6, 6.07) is 20.3. The van der Waals surface area contributed by atoms with Gasteiger partial charge in [-0.15, -0.1) is 0 Å². The minimum absolute atomic E-state index is 0.649. The lowest BCUT2D eigenvalue weighted by Crippen LogP contribution is -2.04. The summed E-state index contributed by atoms with van der Waals surface area (Å²) in [7, 11) is 0. The Morgan fingerprint density at radius 1 is 1.00 bits per heavy atom. The van der Waals surface area contributed by atoms with Crippen molar-refractivity contribution in [1.29, 1.82) is 5.26 Å². The molecule has 102 valence electrons. The maximum Gasteiger partial charge on any atom is 0.134 e. The smallest absolute Gasteiger partial charge is 0.134 e. The van der Waals surface area contributed by atoms with Gasteiger partial charge in [0.1, 0.15) is 11.9 Å². The van der Waals surface area contributed by atoms with E-state index in [0.29, 0.717) is 12.1 Å². The van der Waals surface area contributed by atoms with E-state index < -0.39 is 0 Å². The molecule has 3 heteroatoms. The minimum Gasteiger partial charge on any atom is -0.365 e. The first-order valence-corrected chi connectivity index (χ1v) is 6.87. The third kappa shape index (κ3) is 2.56. The highest BCUT2D eigenvalue weighted by Crippen LogP contribution is 2.26. The topological polar surface area (TPSA) is 48.7 Å². The lowest BCUT2D eigenvalue weighted by molar-refractivity contribution is 1.10. The van der Waals surface area contributed by atoms with E-state index in [1.165, 1.54) is 5.56 Å². The Labute approximate surface area is 123 Å². The molecule has 2 aromatic carbocycles. The lowest BCUT2D eigenvalue weighted by atomic mass is 10.0. The van der Waals surface area contributed by atoms with Gasteiger partial charge in [-0.1, -0.05) is 54.6 Å². The average molecular weight is 273 g/mol. The van der Waals surface area contributed by atoms with Crippen molar-refractivity contribution in [3.8, 4) is 6.07 Å². The highest BCUT2D eigenvalue weighted by molar-refractivity contribution is 5.96. The Balaban J connectivity index is 2.01. The molecule has 0 amide bonds. The first-order chi connectivity index (χ1) is 10.3. The fourth-order valence-corrected chi connectivity index (χ4v) is 2.44. The van der Waals surface area contributed by atoms with Crippen LogP contribution in [0.1, 0.15) is 16.8 Å². The van der Waals surface area contributed by atoms with Crippen molar-refractivity contribution in [3.05, 3.63) is 71.4 Å². The number of hydrogen-bond donors (Lipinski definition) is 1. The zero-order valence-corrected chi connectivity index (χ0v) is 11.8. The van der Waals surface area contributed by atoms with E-state index in [9.17, 15) is 5.26 Å². The maximum atomic E-state index is 9.30. The Bertz CT molecular complexity index is 817. The maximum absolute atomic E-state index is 9.30. The normalized spacial score (nSPS) is 10.3. The molecule has 0 saturated carbocycles. The van der Waals surface area contributed by atoms with Crippen LogP contribution in [0.15, 0.2) is 54.6 Å². The number of rotatable bonds is 3. The quantitative estimate of drug-likeness (QED) is 0.783. The van der Waals surface area contributed by atoms with Crippen LogP contribution in [-0.2, 0) is 6.54 Å². The highest BCUT2D eigenvalue weighted by Gasteiger charge is 2.10. The van der Waals surface area contributed by atoms with Crippen molar-refractivity contribution in [2.24, 2.45) is 0 Å². The molecule has 0 bridgehead atoms. The average Bonchev–Trinajstić information content (AvgIpc) is 2.54. The molecule has 0 radical (unpaired) electrons. The molecular formula is C18H15N3. The molecule has 1 heterocycles. The zero-order valence-electron chi connectivity index (χ0n) is 11.8. The lowest BCUT2D eigenvalue weighted by Gasteiger charge is -2.11. The van der Waals surface area contributed by atoms with Gasteiger partial charge in [0.05, 0.1) is 11.3 Å². The monoisotopic (exact) mass is 273 g/mol. The number of fused-ring (bicyclic) bond motifs is 1. The molecule has 1 aromatic heterocycles. The summed E-state index contributed by atoms with van der Waals surface area (Å²) in [4.78, 5) is 4.55. The largest absolute Gasteiger partial charge is 0.365 e. The van der Waals surface area contributed by atoms with Crippen LogP contribution in [0.4, 0.5) is 5.82 Å². The van der Waals surface area contributed by atoms with Crippen LogP contribution in [-0.4, -0.2) is 4.98 Å². The van der Waals surface area contributed by atoms with E-state index in [0.717, 1.165) is 22.3 Å². The third-order valence-corrected chi connectivity index (χ3v) is 3.51. The van der Waals surface area contributed by atoms with Gasteiger partial charge in [-0.3, -0.25) is 0 Å². The molecule has 0 fully saturated rings. The molecule has 3 aromatic rings. The number of anilines is 1. The third-order valence-electron chi connectivity index (χ3n) is 3.51. The molecule has 21 heavy (non-hydrogen) atoms. The summed E-state index contributed by atoms with van der Waals surface area (Å²) in [5, 5.41) is 14.6. The van der Waals surface area contributed by atoms with Crippen LogP contribution >= 0.6 is 0 Å². The molecular weight excluding hydrogens is 258 g/mol. The zero-order chi connectivity index (χ0) is 14.7. The number of nitrogens with one attached hydrogen (secondary N) is 1. The van der Waals surface area contributed by atoms with E-state index >= 15 is 0 Å². The first-order valence-electron chi connectivity index (χ1n) is 6.87. The predicted octanol–water partition coefficient (Wildman–Crippen LogP) is 4.03. The van der Waals surface area contributed by atoms with E-state index in [1.807, 2.05) is 49.4 Å². The summed E-state index contributed by atoms with van der Waals surface area (Å²) in [5.74, 6) is 0.825. The van der Waals surface area contributed by atoms with Gasteiger partial charge in [-0.05, 0) is 12.5 Å². The summed E-state index contributed by atoms with van der Waals surface area (Å²) in [5.41, 5.74) is 2.60. The standard InChI is InChI=1S/C18H15N3/c1-13-17(11-19)15-9-5-6-10-16(15)18(21-13)20-12-14-7-3-2-4-8-14/h2-10H,12H2,1H3,(H,20,21). The van der Waals surface area contributed by atoms with Gasteiger partial charge in [0.15, 0.2) is 0 Å². The molecule has 3 rings (SSSR count). The van der Waals surface area contributed by atoms with Crippen molar-refractivity contribution in [2.75, 3.05) is 5.32 Å². The van der Waals surface area contributed by atoms with Crippen molar-refractivity contribution in [2.45, 2.75) is 13.5 Å². The van der Waals surface area contributed by atoms with E-state index in [2.05, 4.69) is 28.5 Å². The summed E-state index contributed by atoms with van der Waals surface area (Å²) in [6.07, 6.45) is 0. The second-order valence-electron chi connectivity index (χ2n) is 4.92. The van der Waals surface area contributed by atoms with E-state index in [-0.39, 0.29) is 0 Å². The minimum atomic E-state index is 0.649. The second-order valence-corrected chi connectivity index (χ2v) is 4.92. The molecule has 0 aliphatic rings. The highest BCUT2D eigenvalue weighted by atomic mass is 15.0. The summed E-state index contributed by atoms with van der Waals surface area (Å²) in [6.45, 7) is 2.59. The van der Waals surface area contributed by atoms with Crippen LogP contribution in [0.25, 0.3) is 10.8 Å². The second kappa shape index (κ2) is 5.64. The Hall–Kier alpha value is -2.86. The summed E-state index contributed by atoms with van der Waals surface area (Å²) < 4.78 is 0. The predicted molar refractivity (Wildman–Crippen MR) is 85.0 cm³/mol. The molecule has 0 aliphatic carbocycles. The molecule has 0 atom stereocenters. The number of nitriles is 1. The SMILES string of the molecule is Cc1nc(NCc2ccccc2)c2ccccc2c1C#N. The van der Waals surface area contributed by atoms with Crippen LogP contribution in [0, 0.1) is 18.3 Å². The van der Waals surface area contributed by atoms with Gasteiger partial charge in [-0.25, -0.2) is 4.98 Å². The number of pyridine rings is 1. The van der Waals surface area contributed by atoms with Crippen molar-refractivity contribution < 1.29 is 0 Å². The van der Waals surface area contributed by atoms with Crippen molar-refractivity contribution in [1.82, 2.24) is 4.98 Å². The van der Waals surface area contributed by atoms with Crippen LogP contribution in [0.2, 0.25) is 0 Å². The number of hydrogen-bond acceptors (Lipinski definition) is 3. The van der Waals surface area contributed by atoms with Gasteiger partial charge < -0.3 is 5.32 Å². The van der Waals surface area contributed by atoms with Crippen molar-refractivity contribution >= 4 is 16.6 Å². The van der Waals surface area contributed by atoms with Gasteiger partial charge in [0.25, 0.3) is 0 Å². The molecule has 0 unspecified atom stereocenters. The Kier molecular flexibility index (Phi) is 3.53. The number of aromatic nitrogens is 1. The van der Waals surface area contributed by atoms with Crippen LogP contribution < -0.4 is 5.32 Å². The summed E-state index contributed by atoms with van der Waals surface area (Å²) >= 11 is 0. The number of benzene rings is 2. The molecule has 0 aliphatic heterocycles. The Morgan fingerprint density at radius 2 is 1.67 bits per heavy atom. The molecule has 3 nitrogen and oxygen atoms in total. The van der Waals surface area contributed by atoms with Crippen molar-refractivity contribution in [3.63, 3.8) is 0 Å². The Morgan fingerprint density at radius 3 is 2.38 bits per heavy atom. The fraction of sp³-hybridized carbons (Fsp3) is 0.111. The molecule has 0 saturated heterocycles. The number of aryl methyl sites for hydroxylation is 1. The number of nitrogens with zero attached hydrogens (tertiary/aromatic N) is 2. The molecule has 1 N–H and O–H groups in total. The van der Waals surface area contributed by atoms with Gasteiger partial charge in [0.2, 0.25) is 0 Å². The van der Waals surface area contributed by atoms with Gasteiger partial charge in [-0.2, -0.15) is 5.26 Å². The molecule has 0 spiro atoms. The first kappa shape index (κ1) is 13.1.